The summed E-state index contributed by atoms with van der Waals surface area (Å²) in [5.74, 6) is 3.91. The van der Waals surface area contributed by atoms with E-state index in [1.807, 2.05) is 6.92 Å². The first kappa shape index (κ1) is 17.2. The molecule has 4 nitrogen and oxygen atoms in total. The molecule has 5 heteroatoms. The number of anilines is 1. The van der Waals surface area contributed by atoms with Gasteiger partial charge in [-0.3, -0.25) is 9.59 Å². The van der Waals surface area contributed by atoms with Gasteiger partial charge in [0.1, 0.15) is 5.82 Å². The highest BCUT2D eigenvalue weighted by molar-refractivity contribution is 6.04. The van der Waals surface area contributed by atoms with E-state index in [1.165, 1.54) is 12.1 Å². The standard InChI is InChI=1S/C19H17FN2O2/c1-3-4-18(23)22-17-11-7-15(8-12-17)19(24)21-13(2)14-5-9-16(20)10-6-14/h5-13H,1-2H3,(H,21,24)(H,22,23)/t13-/m0/s1. The number of benzene rings is 2. The molecule has 0 spiro atoms. The zero-order chi connectivity index (χ0) is 17.5. The van der Waals surface area contributed by atoms with Crippen LogP contribution in [0.2, 0.25) is 0 Å². The second-order valence-electron chi connectivity index (χ2n) is 5.15. The van der Waals surface area contributed by atoms with Crippen LogP contribution in [0.3, 0.4) is 0 Å². The second kappa shape index (κ2) is 7.93. The summed E-state index contributed by atoms with van der Waals surface area (Å²) >= 11 is 0. The first-order valence-electron chi connectivity index (χ1n) is 7.39. The van der Waals surface area contributed by atoms with Crippen LogP contribution >= 0.6 is 0 Å². The van der Waals surface area contributed by atoms with E-state index in [9.17, 15) is 14.0 Å². The van der Waals surface area contributed by atoms with E-state index >= 15 is 0 Å². The van der Waals surface area contributed by atoms with Crippen molar-refractivity contribution in [2.45, 2.75) is 19.9 Å². The Balaban J connectivity index is 2.00. The first-order chi connectivity index (χ1) is 11.5. The van der Waals surface area contributed by atoms with E-state index in [2.05, 4.69) is 22.5 Å². The molecular weight excluding hydrogens is 307 g/mol. The summed E-state index contributed by atoms with van der Waals surface area (Å²) in [7, 11) is 0. The van der Waals surface area contributed by atoms with Gasteiger partial charge in [0.05, 0.1) is 6.04 Å². The summed E-state index contributed by atoms with van der Waals surface area (Å²) in [5, 5.41) is 5.44. The third-order valence-corrected chi connectivity index (χ3v) is 3.36. The molecule has 122 valence electrons. The summed E-state index contributed by atoms with van der Waals surface area (Å²) in [6, 6.07) is 12.2. The summed E-state index contributed by atoms with van der Waals surface area (Å²) in [4.78, 5) is 23.6. The van der Waals surface area contributed by atoms with Crippen molar-refractivity contribution in [1.82, 2.24) is 5.32 Å². The molecule has 0 bridgehead atoms. The minimum absolute atomic E-state index is 0.252. The number of hydrogen-bond donors (Lipinski definition) is 2. The first-order valence-corrected chi connectivity index (χ1v) is 7.39. The Labute approximate surface area is 140 Å². The third kappa shape index (κ3) is 4.68. The number of carbonyl (C=O) groups excluding carboxylic acids is 2. The number of carbonyl (C=O) groups is 2. The van der Waals surface area contributed by atoms with Crippen LogP contribution in [0.4, 0.5) is 10.1 Å². The number of amides is 2. The summed E-state index contributed by atoms with van der Waals surface area (Å²) in [5.41, 5.74) is 1.83. The van der Waals surface area contributed by atoms with Crippen LogP contribution < -0.4 is 10.6 Å². The van der Waals surface area contributed by atoms with Gasteiger partial charge in [0.25, 0.3) is 11.8 Å². The van der Waals surface area contributed by atoms with E-state index < -0.39 is 5.91 Å². The predicted octanol–water partition coefficient (Wildman–Crippen LogP) is 3.28. The van der Waals surface area contributed by atoms with Crippen molar-refractivity contribution in [1.29, 1.82) is 0 Å². The molecular formula is C19H17FN2O2. The fraction of sp³-hybridized carbons (Fsp3) is 0.158. The molecule has 2 aromatic rings. The summed E-state index contributed by atoms with van der Waals surface area (Å²) in [6.45, 7) is 3.40. The number of halogens is 1. The number of hydrogen-bond acceptors (Lipinski definition) is 2. The SMILES string of the molecule is CC#CC(=O)Nc1ccc(C(=O)N[C@@H](C)c2ccc(F)cc2)cc1. The van der Waals surface area contributed by atoms with Crippen LogP contribution in [0.5, 0.6) is 0 Å². The molecule has 0 radical (unpaired) electrons. The van der Waals surface area contributed by atoms with Crippen molar-refractivity contribution in [3.8, 4) is 11.8 Å². The van der Waals surface area contributed by atoms with E-state index in [-0.39, 0.29) is 17.8 Å². The lowest BCUT2D eigenvalue weighted by atomic mass is 10.1. The van der Waals surface area contributed by atoms with Gasteiger partial charge in [-0.25, -0.2) is 4.39 Å². The van der Waals surface area contributed by atoms with Gasteiger partial charge in [-0.1, -0.05) is 18.1 Å². The smallest absolute Gasteiger partial charge is 0.300 e. The van der Waals surface area contributed by atoms with Gasteiger partial charge in [-0.05, 0) is 61.7 Å². The molecule has 0 aromatic heterocycles. The predicted molar refractivity (Wildman–Crippen MR) is 90.8 cm³/mol. The average Bonchev–Trinajstić information content (AvgIpc) is 2.56. The molecule has 0 fully saturated rings. The lowest BCUT2D eigenvalue weighted by Crippen LogP contribution is -2.26. The van der Waals surface area contributed by atoms with Gasteiger partial charge in [0, 0.05) is 11.3 Å². The molecule has 1 atom stereocenters. The fourth-order valence-corrected chi connectivity index (χ4v) is 2.10. The molecule has 0 saturated heterocycles. The molecule has 24 heavy (non-hydrogen) atoms. The van der Waals surface area contributed by atoms with Crippen molar-refractivity contribution in [2.75, 3.05) is 5.32 Å². The normalized spacial score (nSPS) is 11.0. The van der Waals surface area contributed by atoms with Gasteiger partial charge in [0.2, 0.25) is 0 Å². The highest BCUT2D eigenvalue weighted by Crippen LogP contribution is 2.15. The van der Waals surface area contributed by atoms with Crippen molar-refractivity contribution in [3.63, 3.8) is 0 Å². The van der Waals surface area contributed by atoms with E-state index in [1.54, 1.807) is 43.3 Å². The van der Waals surface area contributed by atoms with E-state index in [0.29, 0.717) is 11.3 Å². The molecule has 0 aliphatic heterocycles. The van der Waals surface area contributed by atoms with Crippen LogP contribution in [0.1, 0.15) is 35.8 Å². The highest BCUT2D eigenvalue weighted by atomic mass is 19.1. The Morgan fingerprint density at radius 2 is 1.67 bits per heavy atom. The maximum atomic E-state index is 12.9. The molecule has 0 unspecified atom stereocenters. The third-order valence-electron chi connectivity index (χ3n) is 3.36. The van der Waals surface area contributed by atoms with Gasteiger partial charge >= 0.3 is 0 Å². The van der Waals surface area contributed by atoms with Gasteiger partial charge in [-0.15, -0.1) is 0 Å². The van der Waals surface area contributed by atoms with E-state index in [0.717, 1.165) is 5.56 Å². The van der Waals surface area contributed by atoms with Crippen LogP contribution in [0, 0.1) is 17.7 Å². The van der Waals surface area contributed by atoms with Crippen LogP contribution in [-0.4, -0.2) is 11.8 Å². The summed E-state index contributed by atoms with van der Waals surface area (Å²) in [6.07, 6.45) is 0. The molecule has 0 heterocycles. The molecule has 0 aliphatic carbocycles. The topological polar surface area (TPSA) is 58.2 Å². The van der Waals surface area contributed by atoms with Gasteiger partial charge in [0.15, 0.2) is 0 Å². The zero-order valence-corrected chi connectivity index (χ0v) is 13.4. The Bertz CT molecular complexity index is 787. The van der Waals surface area contributed by atoms with Crippen molar-refractivity contribution in [2.24, 2.45) is 0 Å². The summed E-state index contributed by atoms with van der Waals surface area (Å²) < 4.78 is 12.9. The maximum absolute atomic E-state index is 12.9. The van der Waals surface area contributed by atoms with Crippen LogP contribution in [0.15, 0.2) is 48.5 Å². The van der Waals surface area contributed by atoms with Crippen LogP contribution in [0.25, 0.3) is 0 Å². The van der Waals surface area contributed by atoms with E-state index in [4.69, 9.17) is 0 Å². The van der Waals surface area contributed by atoms with Crippen molar-refractivity contribution >= 4 is 17.5 Å². The fourth-order valence-electron chi connectivity index (χ4n) is 2.10. The molecule has 2 aromatic carbocycles. The minimum Gasteiger partial charge on any atom is -0.346 e. The largest absolute Gasteiger partial charge is 0.346 e. The number of nitrogens with one attached hydrogen (secondary N) is 2. The molecule has 0 saturated carbocycles. The minimum atomic E-state index is -0.403. The van der Waals surface area contributed by atoms with Crippen molar-refractivity contribution in [3.05, 3.63) is 65.5 Å². The Kier molecular flexibility index (Phi) is 5.69. The monoisotopic (exact) mass is 324 g/mol. The molecule has 2 rings (SSSR count). The average molecular weight is 324 g/mol. The number of rotatable bonds is 4. The lowest BCUT2D eigenvalue weighted by molar-refractivity contribution is -0.111. The zero-order valence-electron chi connectivity index (χ0n) is 13.4. The molecule has 2 N–H and O–H groups in total. The second-order valence-corrected chi connectivity index (χ2v) is 5.15. The Morgan fingerprint density at radius 1 is 1.04 bits per heavy atom. The maximum Gasteiger partial charge on any atom is 0.300 e. The molecule has 2 amide bonds. The van der Waals surface area contributed by atoms with Gasteiger partial charge < -0.3 is 10.6 Å². The lowest BCUT2D eigenvalue weighted by Gasteiger charge is -2.14. The van der Waals surface area contributed by atoms with Gasteiger partial charge in [-0.2, -0.15) is 0 Å². The molecule has 0 aliphatic rings. The quantitative estimate of drug-likeness (QED) is 0.848. The Hall–Kier alpha value is -3.13. The van der Waals surface area contributed by atoms with Crippen LogP contribution in [-0.2, 0) is 4.79 Å². The highest BCUT2D eigenvalue weighted by Gasteiger charge is 2.11. The Morgan fingerprint density at radius 3 is 2.25 bits per heavy atom. The van der Waals surface area contributed by atoms with Crippen molar-refractivity contribution < 1.29 is 14.0 Å².